The van der Waals surface area contributed by atoms with Crippen LogP contribution in [0.2, 0.25) is 0 Å². The first-order valence-corrected chi connectivity index (χ1v) is 30.0. The van der Waals surface area contributed by atoms with Crippen LogP contribution in [0.25, 0.3) is 11.1 Å². The third kappa shape index (κ3) is 12.2. The highest BCUT2D eigenvalue weighted by atomic mass is 79.9. The molecular formula is C62H73BrN14O5. The second-order valence-electron chi connectivity index (χ2n) is 22.5. The van der Waals surface area contributed by atoms with Crippen molar-refractivity contribution in [2.24, 2.45) is 0 Å². The summed E-state index contributed by atoms with van der Waals surface area (Å²) in [5, 5.41) is 18.2. The number of methoxy groups -OCH3 is 1. The number of carbonyl (C=O) groups excluding carboxylic acids is 3. The number of aromatic nitrogens is 4. The molecule has 20 heteroatoms. The van der Waals surface area contributed by atoms with Crippen molar-refractivity contribution in [3.05, 3.63) is 125 Å². The van der Waals surface area contributed by atoms with Crippen LogP contribution in [0.3, 0.4) is 0 Å². The average molecular weight is 1170 g/mol. The maximum absolute atomic E-state index is 12.6. The summed E-state index contributed by atoms with van der Waals surface area (Å²) < 4.78 is 6.37. The van der Waals surface area contributed by atoms with Gasteiger partial charge in [-0.3, -0.25) is 24.2 Å². The number of carbonyl (C=O) groups is 3. The van der Waals surface area contributed by atoms with Crippen molar-refractivity contribution >= 4 is 79.5 Å². The number of rotatable bonds is 9. The normalized spacial score (nSPS) is 21.3. The topological polar surface area (TPSA) is 191 Å². The van der Waals surface area contributed by atoms with Crippen molar-refractivity contribution in [1.29, 1.82) is 0 Å². The van der Waals surface area contributed by atoms with Crippen LogP contribution >= 0.6 is 15.9 Å². The van der Waals surface area contributed by atoms with Crippen molar-refractivity contribution < 1.29 is 24.2 Å². The van der Waals surface area contributed by atoms with E-state index in [2.05, 4.69) is 137 Å². The molecule has 4 N–H and O–H groups in total. The monoisotopic (exact) mass is 1170 g/mol. The lowest BCUT2D eigenvalue weighted by atomic mass is 9.99. The minimum Gasteiger partial charge on any atom is -0.481 e. The van der Waals surface area contributed by atoms with Crippen molar-refractivity contribution in [3.63, 3.8) is 0 Å². The molecule has 19 nitrogen and oxygen atoms in total. The van der Waals surface area contributed by atoms with Gasteiger partial charge >= 0.3 is 0 Å². The molecule has 0 spiro atoms. The summed E-state index contributed by atoms with van der Waals surface area (Å²) in [5.41, 5.74) is 10.3. The zero-order valence-corrected chi connectivity index (χ0v) is 48.3. The van der Waals surface area contributed by atoms with Gasteiger partial charge in [-0.15, -0.1) is 0 Å². The fourth-order valence-electron chi connectivity index (χ4n) is 12.8. The molecule has 3 amide bonds. The van der Waals surface area contributed by atoms with E-state index in [1.54, 1.807) is 25.6 Å². The smallest absolute Gasteiger partial charge is 0.247 e. The van der Waals surface area contributed by atoms with E-state index in [-0.39, 0.29) is 42.5 Å². The van der Waals surface area contributed by atoms with Crippen LogP contribution in [-0.2, 0) is 34.1 Å². The van der Waals surface area contributed by atoms with Crippen molar-refractivity contribution in [2.45, 2.75) is 95.6 Å². The number of piperidine rings is 3. The molecular weight excluding hydrogens is 1100 g/mol. The minimum absolute atomic E-state index is 0.0405. The Morgan fingerprint density at radius 1 is 0.500 bits per heavy atom. The third-order valence-electron chi connectivity index (χ3n) is 17.2. The van der Waals surface area contributed by atoms with Gasteiger partial charge in [0.1, 0.15) is 18.1 Å². The van der Waals surface area contributed by atoms with E-state index in [4.69, 9.17) is 19.8 Å². The highest BCUT2D eigenvalue weighted by Crippen LogP contribution is 2.38. The van der Waals surface area contributed by atoms with Gasteiger partial charge < -0.3 is 50.3 Å². The number of hydrogen-bond donors (Lipinski definition) is 4. The SMILES string of the molecule is COc1cc(-c2ccc(N3CCN(Cc4cnc5c(c4)NC(=O)[C@@H]4CCCCN54)CC3)cc2)ccn1.O=C1Nc2cc(CN3CCN(c4ccc(Br)cc4)CC3)cnc2N2CCCC[C@@H]12.O=C1Nc2cc(CO)cnc2N2CCCC[C@@H]12. The number of halogens is 1. The molecule has 5 fully saturated rings. The average Bonchev–Trinajstić information content (AvgIpc) is 3.37. The molecule has 0 bridgehead atoms. The molecule has 6 aromatic rings. The van der Waals surface area contributed by atoms with E-state index in [9.17, 15) is 14.4 Å². The van der Waals surface area contributed by atoms with Crippen LogP contribution in [-0.4, -0.2) is 150 Å². The summed E-state index contributed by atoms with van der Waals surface area (Å²) in [4.78, 5) is 71.4. The lowest BCUT2D eigenvalue weighted by Gasteiger charge is -2.40. The predicted molar refractivity (Wildman–Crippen MR) is 325 cm³/mol. The van der Waals surface area contributed by atoms with Gasteiger partial charge in [0.15, 0.2) is 17.5 Å². The predicted octanol–water partition coefficient (Wildman–Crippen LogP) is 8.15. The number of hydrogen-bond acceptors (Lipinski definition) is 16. The summed E-state index contributed by atoms with van der Waals surface area (Å²) >= 11 is 3.50. The van der Waals surface area contributed by atoms with E-state index >= 15 is 0 Å². The number of aliphatic hydroxyl groups excluding tert-OH is 1. The van der Waals surface area contributed by atoms with Gasteiger partial charge in [0.25, 0.3) is 0 Å². The van der Waals surface area contributed by atoms with Crippen LogP contribution in [0.5, 0.6) is 5.88 Å². The molecule has 14 rings (SSSR count). The quantitative estimate of drug-likeness (QED) is 0.108. The minimum atomic E-state index is -0.0660. The lowest BCUT2D eigenvalue weighted by molar-refractivity contribution is -0.118. The summed E-state index contributed by atoms with van der Waals surface area (Å²) in [6.45, 7) is 12.4. The van der Waals surface area contributed by atoms with Crippen LogP contribution in [0.4, 0.5) is 45.9 Å². The third-order valence-corrected chi connectivity index (χ3v) is 17.7. The Labute approximate surface area is 488 Å². The number of benzene rings is 2. The Hall–Kier alpha value is -7.39. The zero-order chi connectivity index (χ0) is 56.1. The summed E-state index contributed by atoms with van der Waals surface area (Å²) in [6, 6.07) is 27.1. The van der Waals surface area contributed by atoms with E-state index in [0.29, 0.717) is 5.88 Å². The number of fused-ring (bicyclic) bond motifs is 9. The van der Waals surface area contributed by atoms with Crippen molar-refractivity contribution in [3.8, 4) is 17.0 Å². The fourth-order valence-corrected chi connectivity index (χ4v) is 13.1. The van der Waals surface area contributed by atoms with Gasteiger partial charge in [0, 0.05) is 132 Å². The van der Waals surface area contributed by atoms with Gasteiger partial charge in [0.2, 0.25) is 23.6 Å². The molecule has 8 aliphatic rings. The standard InChI is InChI=1S/C28H32N6O2.C22H26BrN5O.C12H15N3O2/c1-36-26-17-22(9-10-29-26)21-5-7-23(8-6-21)33-14-12-32(13-15-33)19-20-16-24-27(30-18-20)34-11-3-2-4-25(34)28(35)31-24;23-17-4-6-18(7-5-17)27-11-9-26(10-12-27)15-16-13-19-21(24-14-16)28-8-2-1-3-20(28)22(29)25-19;16-7-8-5-9-11(13-6-8)15-4-2-1-3-10(15)12(17)14-9/h5-10,16-18,25H,2-4,11-15,19H2,1H3,(H,31,35);4-7,13-14,20H,1-3,8-12,15H2,(H,25,29);5-6,10,16H,1-4,7H2,(H,14,17)/t25-;20-;10-/m000/s1. The number of ether oxygens (including phenoxy) is 1. The first kappa shape index (κ1) is 55.2. The van der Waals surface area contributed by atoms with Crippen LogP contribution < -0.4 is 45.2 Å². The van der Waals surface area contributed by atoms with Crippen LogP contribution in [0.15, 0.2) is 108 Å². The summed E-state index contributed by atoms with van der Waals surface area (Å²) in [6.07, 6.45) is 16.8. The molecule has 0 saturated carbocycles. The van der Waals surface area contributed by atoms with E-state index in [1.165, 1.54) is 11.4 Å². The van der Waals surface area contributed by atoms with Gasteiger partial charge in [-0.1, -0.05) is 28.1 Å². The largest absolute Gasteiger partial charge is 0.481 e. The Balaban J connectivity index is 0.000000129. The molecule has 5 saturated heterocycles. The number of anilines is 8. The number of aliphatic hydroxyl groups is 1. The second-order valence-corrected chi connectivity index (χ2v) is 23.4. The first-order valence-electron chi connectivity index (χ1n) is 29.3. The summed E-state index contributed by atoms with van der Waals surface area (Å²) in [7, 11) is 1.64. The Bertz CT molecular complexity index is 3250. The number of amides is 3. The Morgan fingerprint density at radius 2 is 0.915 bits per heavy atom. The van der Waals surface area contributed by atoms with Crippen LogP contribution in [0, 0.1) is 0 Å². The molecule has 0 aliphatic carbocycles. The number of nitrogens with one attached hydrogen (secondary N) is 3. The number of nitrogens with zero attached hydrogens (tertiary/aromatic N) is 11. The second kappa shape index (κ2) is 25.0. The molecule has 3 atom stereocenters. The van der Waals surface area contributed by atoms with Gasteiger partial charge in [-0.05, 0) is 146 Å². The molecule has 0 radical (unpaired) electrons. The fraction of sp³-hybridized carbons (Fsp3) is 0.435. The van der Waals surface area contributed by atoms with Gasteiger partial charge in [0.05, 0.1) is 30.8 Å². The zero-order valence-electron chi connectivity index (χ0n) is 46.7. The molecule has 12 heterocycles. The number of piperazine rings is 2. The first-order chi connectivity index (χ1) is 40.1. The molecule has 4 aromatic heterocycles. The summed E-state index contributed by atoms with van der Waals surface area (Å²) in [5.74, 6) is 3.63. The molecule has 2 aromatic carbocycles. The molecule has 8 aliphatic heterocycles. The maximum atomic E-state index is 12.6. The maximum Gasteiger partial charge on any atom is 0.247 e. The van der Waals surface area contributed by atoms with Crippen molar-refractivity contribution in [1.82, 2.24) is 29.7 Å². The van der Waals surface area contributed by atoms with E-state index in [0.717, 1.165) is 210 Å². The molecule has 428 valence electrons. The van der Waals surface area contributed by atoms with E-state index < -0.39 is 0 Å². The molecule has 0 unspecified atom stereocenters. The van der Waals surface area contributed by atoms with Crippen molar-refractivity contribution in [2.75, 3.05) is 120 Å². The number of pyridine rings is 4. The lowest BCUT2D eigenvalue weighted by Crippen LogP contribution is -2.51. The highest BCUT2D eigenvalue weighted by molar-refractivity contribution is 9.10. The molecule has 82 heavy (non-hydrogen) atoms. The van der Waals surface area contributed by atoms with Gasteiger partial charge in [-0.2, -0.15) is 0 Å². The Kier molecular flexibility index (Phi) is 16.8. The highest BCUT2D eigenvalue weighted by Gasteiger charge is 2.38. The van der Waals surface area contributed by atoms with E-state index in [1.807, 2.05) is 24.5 Å². The Morgan fingerprint density at radius 3 is 1.34 bits per heavy atom. The van der Waals surface area contributed by atoms with Crippen LogP contribution in [0.1, 0.15) is 74.5 Å². The van der Waals surface area contributed by atoms with Gasteiger partial charge in [-0.25, -0.2) is 19.9 Å².